The Morgan fingerprint density at radius 3 is 1.60 bits per heavy atom. The lowest BCUT2D eigenvalue weighted by atomic mass is 9.88. The van der Waals surface area contributed by atoms with Gasteiger partial charge in [-0.1, -0.05) is 188 Å². The van der Waals surface area contributed by atoms with Gasteiger partial charge in [0.05, 0.1) is 11.0 Å². The zero-order valence-corrected chi connectivity index (χ0v) is 33.7. The third-order valence-corrected chi connectivity index (χ3v) is 12.9. The molecule has 9 aromatic carbocycles. The summed E-state index contributed by atoms with van der Waals surface area (Å²) in [5.41, 5.74) is 15.5. The van der Waals surface area contributed by atoms with Gasteiger partial charge in [0, 0.05) is 42.2 Å². The van der Waals surface area contributed by atoms with E-state index in [1.54, 1.807) is 0 Å². The number of fused-ring (bicyclic) bond motifs is 6. The van der Waals surface area contributed by atoms with Crippen LogP contribution in [-0.2, 0) is 0 Å². The molecule has 0 saturated heterocycles. The second kappa shape index (κ2) is 15.3. The fourth-order valence-corrected chi connectivity index (χ4v) is 10.1. The van der Waals surface area contributed by atoms with E-state index in [0.717, 1.165) is 5.69 Å². The minimum Gasteiger partial charge on any atom is -0.309 e. The third kappa shape index (κ3) is 6.44. The van der Waals surface area contributed by atoms with Crippen molar-refractivity contribution in [2.24, 2.45) is 0 Å². The molecule has 0 aliphatic heterocycles. The van der Waals surface area contributed by atoms with Gasteiger partial charge < -0.3 is 4.57 Å². The topological polar surface area (TPSA) is 4.93 Å². The molecule has 0 spiro atoms. The smallest absolute Gasteiger partial charge is 0.0547 e. The van der Waals surface area contributed by atoms with Crippen molar-refractivity contribution in [3.05, 3.63) is 258 Å². The van der Waals surface area contributed by atoms with Crippen LogP contribution in [0.5, 0.6) is 0 Å². The molecule has 0 amide bonds. The molecule has 0 atom stereocenters. The standard InChI is InChI=1S/C58H39NS/c1-6-19-40(20-7-1)35-51(42-23-10-3-11-24-42)45-37-53-50-31-18-30-47(44-33-34-49-48-29-16-17-32-55(48)59(56(49)39-44)46-27-14-5-15-28-46)57(50)60-58(53)54(38-45)52(43-25-12-4-13-26-43)36-41-21-8-2-9-22-41/h1-39H/b51-35+,52-36-. The Morgan fingerprint density at radius 2 is 0.917 bits per heavy atom. The van der Waals surface area contributed by atoms with Crippen molar-refractivity contribution in [3.8, 4) is 16.8 Å². The molecule has 2 heteroatoms. The molecule has 1 nitrogen and oxygen atoms in total. The highest BCUT2D eigenvalue weighted by Crippen LogP contribution is 2.47. The minimum absolute atomic E-state index is 1.16. The van der Waals surface area contributed by atoms with E-state index in [2.05, 4.69) is 241 Å². The average molecular weight is 782 g/mol. The molecule has 2 heterocycles. The molecule has 0 aliphatic carbocycles. The van der Waals surface area contributed by atoms with Crippen molar-refractivity contribution in [2.75, 3.05) is 0 Å². The molecule has 0 aliphatic rings. The lowest BCUT2D eigenvalue weighted by Crippen LogP contribution is -1.94. The maximum Gasteiger partial charge on any atom is 0.0547 e. The maximum atomic E-state index is 2.44. The van der Waals surface area contributed by atoms with Gasteiger partial charge in [-0.3, -0.25) is 0 Å². The summed E-state index contributed by atoms with van der Waals surface area (Å²) in [7, 11) is 0. The fourth-order valence-electron chi connectivity index (χ4n) is 8.79. The van der Waals surface area contributed by atoms with Gasteiger partial charge in [0.15, 0.2) is 0 Å². The zero-order chi connectivity index (χ0) is 39.8. The summed E-state index contributed by atoms with van der Waals surface area (Å²) in [6, 6.07) is 81.4. The number of benzene rings is 9. The van der Waals surface area contributed by atoms with Crippen LogP contribution < -0.4 is 0 Å². The Balaban J connectivity index is 1.20. The molecule has 0 N–H and O–H groups in total. The fraction of sp³-hybridized carbons (Fsp3) is 0. The Hall–Kier alpha value is -7.52. The summed E-state index contributed by atoms with van der Waals surface area (Å²) in [4.78, 5) is 0. The van der Waals surface area contributed by atoms with Crippen LogP contribution in [0.1, 0.15) is 33.4 Å². The van der Waals surface area contributed by atoms with E-state index in [4.69, 9.17) is 0 Å². The summed E-state index contributed by atoms with van der Waals surface area (Å²) in [5.74, 6) is 0. The van der Waals surface area contributed by atoms with E-state index in [1.165, 1.54) is 97.6 Å². The second-order valence-electron chi connectivity index (χ2n) is 15.3. The van der Waals surface area contributed by atoms with Gasteiger partial charge in [0.2, 0.25) is 0 Å². The number of hydrogen-bond acceptors (Lipinski definition) is 1. The van der Waals surface area contributed by atoms with E-state index in [9.17, 15) is 0 Å². The van der Waals surface area contributed by atoms with Crippen LogP contribution in [0.4, 0.5) is 0 Å². The van der Waals surface area contributed by atoms with Gasteiger partial charge in [0.1, 0.15) is 0 Å². The molecule has 0 saturated carbocycles. The first-order chi connectivity index (χ1) is 29.8. The molecule has 11 rings (SSSR count). The molecule has 0 bridgehead atoms. The number of rotatable bonds is 8. The first-order valence-corrected chi connectivity index (χ1v) is 21.3. The van der Waals surface area contributed by atoms with Crippen molar-refractivity contribution in [1.82, 2.24) is 4.57 Å². The molecular weight excluding hydrogens is 743 g/mol. The minimum atomic E-state index is 1.16. The van der Waals surface area contributed by atoms with E-state index in [-0.39, 0.29) is 0 Å². The molecule has 0 unspecified atom stereocenters. The van der Waals surface area contributed by atoms with E-state index in [0.29, 0.717) is 0 Å². The predicted molar refractivity (Wildman–Crippen MR) is 259 cm³/mol. The highest BCUT2D eigenvalue weighted by molar-refractivity contribution is 7.26. The van der Waals surface area contributed by atoms with E-state index in [1.807, 2.05) is 11.3 Å². The van der Waals surface area contributed by atoms with Gasteiger partial charge >= 0.3 is 0 Å². The Kier molecular flexibility index (Phi) is 9.11. The highest BCUT2D eigenvalue weighted by Gasteiger charge is 2.21. The summed E-state index contributed by atoms with van der Waals surface area (Å²) in [6.07, 6.45) is 4.70. The average Bonchev–Trinajstić information content (AvgIpc) is 3.87. The summed E-state index contributed by atoms with van der Waals surface area (Å²) in [6.45, 7) is 0. The van der Waals surface area contributed by atoms with Crippen molar-refractivity contribution in [1.29, 1.82) is 0 Å². The van der Waals surface area contributed by atoms with Gasteiger partial charge in [-0.15, -0.1) is 11.3 Å². The van der Waals surface area contributed by atoms with Crippen molar-refractivity contribution >= 4 is 76.6 Å². The normalized spacial score (nSPS) is 12.2. The van der Waals surface area contributed by atoms with Gasteiger partial charge in [-0.2, -0.15) is 0 Å². The lowest BCUT2D eigenvalue weighted by Gasteiger charge is -2.15. The van der Waals surface area contributed by atoms with Crippen LogP contribution in [0.3, 0.4) is 0 Å². The summed E-state index contributed by atoms with van der Waals surface area (Å²) < 4.78 is 4.97. The number of hydrogen-bond donors (Lipinski definition) is 0. The van der Waals surface area contributed by atoms with Gasteiger partial charge in [0.25, 0.3) is 0 Å². The number of nitrogens with zero attached hydrogens (tertiary/aromatic N) is 1. The first kappa shape index (κ1) is 35.6. The first-order valence-electron chi connectivity index (χ1n) is 20.5. The Labute approximate surface area is 354 Å². The quantitative estimate of drug-likeness (QED) is 0.135. The maximum absolute atomic E-state index is 2.44. The van der Waals surface area contributed by atoms with Crippen molar-refractivity contribution < 1.29 is 0 Å². The SMILES string of the molecule is C(=C(\c1ccccc1)c1cc(/C(=C/c2ccccc2)c2ccccc2)cc2c1sc1c(-c3ccc4c5ccccc5n(-c5ccccc5)c4c3)cccc12)/c1ccccc1. The van der Waals surface area contributed by atoms with E-state index < -0.39 is 0 Å². The number of aromatic nitrogens is 1. The van der Waals surface area contributed by atoms with Crippen LogP contribution in [0.25, 0.3) is 82.1 Å². The Morgan fingerprint density at radius 1 is 0.367 bits per heavy atom. The van der Waals surface area contributed by atoms with Crippen LogP contribution in [0.15, 0.2) is 224 Å². The lowest BCUT2D eigenvalue weighted by molar-refractivity contribution is 1.18. The van der Waals surface area contributed by atoms with Gasteiger partial charge in [-0.05, 0) is 98.6 Å². The largest absolute Gasteiger partial charge is 0.309 e. The third-order valence-electron chi connectivity index (χ3n) is 11.6. The molecule has 0 fully saturated rings. The molecule has 0 radical (unpaired) electrons. The summed E-state index contributed by atoms with van der Waals surface area (Å²) >= 11 is 1.91. The molecule has 11 aromatic rings. The number of thiophene rings is 1. The van der Waals surface area contributed by atoms with E-state index >= 15 is 0 Å². The Bertz CT molecular complexity index is 3370. The van der Waals surface area contributed by atoms with Gasteiger partial charge in [-0.25, -0.2) is 0 Å². The predicted octanol–water partition coefficient (Wildman–Crippen LogP) is 16.0. The van der Waals surface area contributed by atoms with Crippen molar-refractivity contribution in [3.63, 3.8) is 0 Å². The highest BCUT2D eigenvalue weighted by atomic mass is 32.1. The second-order valence-corrected chi connectivity index (χ2v) is 16.3. The molecular formula is C58H39NS. The zero-order valence-electron chi connectivity index (χ0n) is 32.9. The van der Waals surface area contributed by atoms with Crippen LogP contribution in [-0.4, -0.2) is 4.57 Å². The molecule has 2 aromatic heterocycles. The van der Waals surface area contributed by atoms with Crippen LogP contribution in [0, 0.1) is 0 Å². The summed E-state index contributed by atoms with van der Waals surface area (Å²) in [5, 5.41) is 5.04. The van der Waals surface area contributed by atoms with Crippen molar-refractivity contribution in [2.45, 2.75) is 0 Å². The molecule has 60 heavy (non-hydrogen) atoms. The van der Waals surface area contributed by atoms with Crippen LogP contribution >= 0.6 is 11.3 Å². The molecule has 282 valence electrons. The monoisotopic (exact) mass is 781 g/mol. The number of para-hydroxylation sites is 2. The van der Waals surface area contributed by atoms with Crippen LogP contribution in [0.2, 0.25) is 0 Å².